The van der Waals surface area contributed by atoms with Crippen LogP contribution in [0.1, 0.15) is 53.1 Å². The van der Waals surface area contributed by atoms with Gasteiger partial charge < -0.3 is 20.7 Å². The number of hydrogen-bond acceptors (Lipinski definition) is 3. The molecule has 0 aliphatic rings. The van der Waals surface area contributed by atoms with Crippen LogP contribution in [0, 0.1) is 5.92 Å². The lowest BCUT2D eigenvalue weighted by molar-refractivity contribution is 0.271. The Labute approximate surface area is 176 Å². The van der Waals surface area contributed by atoms with E-state index in [2.05, 4.69) is 74.6 Å². The summed E-state index contributed by atoms with van der Waals surface area (Å²) in [6.07, 6.45) is 0. The summed E-state index contributed by atoms with van der Waals surface area (Å²) in [5.41, 5.74) is 1.33. The van der Waals surface area contributed by atoms with Gasteiger partial charge in [-0.15, -0.1) is 24.0 Å². The van der Waals surface area contributed by atoms with Crippen molar-refractivity contribution in [2.45, 2.75) is 53.1 Å². The molecule has 0 bridgehead atoms. The van der Waals surface area contributed by atoms with Gasteiger partial charge in [0.2, 0.25) is 0 Å². The lowest BCUT2D eigenvalue weighted by Gasteiger charge is -2.22. The highest BCUT2D eigenvalue weighted by atomic mass is 127. The number of benzene rings is 1. The van der Waals surface area contributed by atoms with Crippen molar-refractivity contribution in [1.82, 2.24) is 16.0 Å². The van der Waals surface area contributed by atoms with Gasteiger partial charge in [-0.1, -0.05) is 26.0 Å². The van der Waals surface area contributed by atoms with Gasteiger partial charge in [0, 0.05) is 25.7 Å². The van der Waals surface area contributed by atoms with Crippen LogP contribution in [0.3, 0.4) is 0 Å². The van der Waals surface area contributed by atoms with Crippen LogP contribution in [0.5, 0.6) is 5.75 Å². The first-order valence-electron chi connectivity index (χ1n) is 9.16. The molecule has 1 aromatic rings. The largest absolute Gasteiger partial charge is 0.493 e. The minimum atomic E-state index is 0. The molecule has 0 aliphatic carbocycles. The molecule has 3 N–H and O–H groups in total. The number of guanidine groups is 1. The second kappa shape index (κ2) is 12.4. The molecule has 1 atom stereocenters. The predicted molar refractivity (Wildman–Crippen MR) is 123 cm³/mol. The molecule has 0 amide bonds. The smallest absolute Gasteiger partial charge is 0.191 e. The highest BCUT2D eigenvalue weighted by Crippen LogP contribution is 2.18. The maximum absolute atomic E-state index is 5.73. The molecule has 1 unspecified atom stereocenters. The molecule has 0 heterocycles. The Hall–Kier alpha value is -1.02. The van der Waals surface area contributed by atoms with Gasteiger partial charge in [-0.05, 0) is 51.3 Å². The average molecular weight is 476 g/mol. The van der Waals surface area contributed by atoms with Crippen molar-refractivity contribution in [3.8, 4) is 5.75 Å². The minimum Gasteiger partial charge on any atom is -0.493 e. The van der Waals surface area contributed by atoms with Crippen LogP contribution in [0.15, 0.2) is 29.3 Å². The Balaban J connectivity index is 0.00000625. The Kier molecular flexibility index (Phi) is 11.9. The van der Waals surface area contributed by atoms with Crippen molar-refractivity contribution in [2.24, 2.45) is 10.9 Å². The topological polar surface area (TPSA) is 57.7 Å². The molecule has 0 saturated carbocycles. The minimum absolute atomic E-state index is 0. The van der Waals surface area contributed by atoms with Crippen molar-refractivity contribution in [3.63, 3.8) is 0 Å². The number of rotatable bonds is 8. The molecule has 0 aliphatic heterocycles. The second-order valence-electron chi connectivity index (χ2n) is 7.82. The lowest BCUT2D eigenvalue weighted by atomic mass is 10.1. The molecular weight excluding hydrogens is 439 g/mol. The highest BCUT2D eigenvalue weighted by Gasteiger charge is 2.10. The zero-order valence-electron chi connectivity index (χ0n) is 17.3. The Morgan fingerprint density at radius 3 is 2.19 bits per heavy atom. The summed E-state index contributed by atoms with van der Waals surface area (Å²) >= 11 is 0. The standard InChI is InChI=1S/C20H36N4O.HI/c1-15(2)14-25-18-10-8-17(9-11-18)16(3)24-19(21-7)22-12-13-23-20(4,5)6;/h8-11,15-16,23H,12-14H2,1-7H3,(H2,21,22,24);1H. The van der Waals surface area contributed by atoms with Gasteiger partial charge in [0.05, 0.1) is 12.6 Å². The van der Waals surface area contributed by atoms with E-state index in [1.807, 2.05) is 12.1 Å². The van der Waals surface area contributed by atoms with Crippen molar-refractivity contribution < 1.29 is 4.74 Å². The number of nitrogens with one attached hydrogen (secondary N) is 3. The van der Waals surface area contributed by atoms with E-state index in [0.717, 1.165) is 31.4 Å². The molecule has 0 aromatic heterocycles. The third-order valence-corrected chi connectivity index (χ3v) is 3.61. The Bertz CT molecular complexity index is 524. The molecule has 5 nitrogen and oxygen atoms in total. The number of halogens is 1. The molecular formula is C20H37IN4O. The van der Waals surface area contributed by atoms with E-state index in [-0.39, 0.29) is 35.6 Å². The number of nitrogens with zero attached hydrogens (tertiary/aromatic N) is 1. The van der Waals surface area contributed by atoms with E-state index in [0.29, 0.717) is 5.92 Å². The summed E-state index contributed by atoms with van der Waals surface area (Å²) in [6.45, 7) is 15.4. The highest BCUT2D eigenvalue weighted by molar-refractivity contribution is 14.0. The third kappa shape index (κ3) is 10.9. The molecule has 0 spiro atoms. The fourth-order valence-electron chi connectivity index (χ4n) is 2.22. The van der Waals surface area contributed by atoms with E-state index in [4.69, 9.17) is 4.74 Å². The average Bonchev–Trinajstić information content (AvgIpc) is 2.55. The van der Waals surface area contributed by atoms with Gasteiger partial charge in [0.15, 0.2) is 5.96 Å². The fraction of sp³-hybridized carbons (Fsp3) is 0.650. The zero-order chi connectivity index (χ0) is 18.9. The maximum atomic E-state index is 5.73. The van der Waals surface area contributed by atoms with Crippen LogP contribution in [0.4, 0.5) is 0 Å². The summed E-state index contributed by atoms with van der Waals surface area (Å²) in [5, 5.41) is 10.2. The fourth-order valence-corrected chi connectivity index (χ4v) is 2.22. The zero-order valence-corrected chi connectivity index (χ0v) is 19.7. The second-order valence-corrected chi connectivity index (χ2v) is 7.82. The van der Waals surface area contributed by atoms with Crippen LogP contribution in [-0.2, 0) is 0 Å². The van der Waals surface area contributed by atoms with Gasteiger partial charge in [0.25, 0.3) is 0 Å². The van der Waals surface area contributed by atoms with Crippen LogP contribution in [0.25, 0.3) is 0 Å². The van der Waals surface area contributed by atoms with E-state index < -0.39 is 0 Å². The van der Waals surface area contributed by atoms with Crippen LogP contribution >= 0.6 is 24.0 Å². The molecule has 26 heavy (non-hydrogen) atoms. The number of aliphatic imine (C=N–C) groups is 1. The molecule has 0 saturated heterocycles. The van der Waals surface area contributed by atoms with Crippen molar-refractivity contribution in [3.05, 3.63) is 29.8 Å². The molecule has 150 valence electrons. The monoisotopic (exact) mass is 476 g/mol. The summed E-state index contributed by atoms with van der Waals surface area (Å²) in [4.78, 5) is 4.30. The molecule has 0 radical (unpaired) electrons. The van der Waals surface area contributed by atoms with E-state index >= 15 is 0 Å². The Morgan fingerprint density at radius 1 is 1.08 bits per heavy atom. The normalized spacial score (nSPS) is 13.2. The van der Waals surface area contributed by atoms with Gasteiger partial charge >= 0.3 is 0 Å². The molecule has 1 rings (SSSR count). The van der Waals surface area contributed by atoms with Crippen molar-refractivity contribution in [1.29, 1.82) is 0 Å². The Morgan fingerprint density at radius 2 is 1.69 bits per heavy atom. The molecule has 1 aromatic carbocycles. The SMILES string of the molecule is CN=C(NCCNC(C)(C)C)NC(C)c1ccc(OCC(C)C)cc1.I. The first kappa shape index (κ1) is 25.0. The van der Waals surface area contributed by atoms with Crippen molar-refractivity contribution in [2.75, 3.05) is 26.7 Å². The van der Waals surface area contributed by atoms with E-state index in [9.17, 15) is 0 Å². The first-order valence-corrected chi connectivity index (χ1v) is 9.16. The van der Waals surface area contributed by atoms with Crippen LogP contribution < -0.4 is 20.7 Å². The van der Waals surface area contributed by atoms with Gasteiger partial charge in [-0.2, -0.15) is 0 Å². The summed E-state index contributed by atoms with van der Waals surface area (Å²) in [6, 6.07) is 8.42. The third-order valence-electron chi connectivity index (χ3n) is 3.61. The quantitative estimate of drug-likeness (QED) is 0.230. The van der Waals surface area contributed by atoms with Crippen LogP contribution in [-0.4, -0.2) is 38.2 Å². The molecule has 0 fully saturated rings. The van der Waals surface area contributed by atoms with Crippen molar-refractivity contribution >= 4 is 29.9 Å². The summed E-state index contributed by atoms with van der Waals surface area (Å²) in [5.74, 6) is 2.26. The first-order chi connectivity index (χ1) is 11.7. The lowest BCUT2D eigenvalue weighted by Crippen LogP contribution is -2.45. The molecule has 6 heteroatoms. The van der Waals surface area contributed by atoms with Crippen LogP contribution in [0.2, 0.25) is 0 Å². The summed E-state index contributed by atoms with van der Waals surface area (Å²) < 4.78 is 5.73. The predicted octanol–water partition coefficient (Wildman–Crippen LogP) is 3.95. The van der Waals surface area contributed by atoms with Gasteiger partial charge in [-0.25, -0.2) is 0 Å². The van der Waals surface area contributed by atoms with Gasteiger partial charge in [0.1, 0.15) is 5.75 Å². The summed E-state index contributed by atoms with van der Waals surface area (Å²) in [7, 11) is 1.79. The number of hydrogen-bond donors (Lipinski definition) is 3. The van der Waals surface area contributed by atoms with E-state index in [1.165, 1.54) is 5.56 Å². The van der Waals surface area contributed by atoms with E-state index in [1.54, 1.807) is 7.05 Å². The number of ether oxygens (including phenoxy) is 1. The maximum Gasteiger partial charge on any atom is 0.191 e. The van der Waals surface area contributed by atoms with Gasteiger partial charge in [-0.3, -0.25) is 4.99 Å².